The van der Waals surface area contributed by atoms with Crippen LogP contribution in [0.2, 0.25) is 0 Å². The molecule has 1 unspecified atom stereocenters. The van der Waals surface area contributed by atoms with Crippen LogP contribution in [-0.2, 0) is 9.59 Å². The highest BCUT2D eigenvalue weighted by molar-refractivity contribution is 5.79. The number of benzene rings is 1. The Bertz CT molecular complexity index is 495. The molecule has 21 heavy (non-hydrogen) atoms. The van der Waals surface area contributed by atoms with Gasteiger partial charge in [0.1, 0.15) is 5.82 Å². The van der Waals surface area contributed by atoms with E-state index in [0.29, 0.717) is 17.9 Å². The molecule has 114 valence electrons. The fourth-order valence-electron chi connectivity index (χ4n) is 2.81. The minimum Gasteiger partial charge on any atom is -0.481 e. The van der Waals surface area contributed by atoms with E-state index in [9.17, 15) is 19.1 Å². The first-order valence-electron chi connectivity index (χ1n) is 7.31. The molecule has 4 nitrogen and oxygen atoms in total. The monoisotopic (exact) mass is 293 g/mol. The normalized spacial score (nSPS) is 16.6. The second-order valence-corrected chi connectivity index (χ2v) is 5.60. The third kappa shape index (κ3) is 4.55. The quantitative estimate of drug-likeness (QED) is 0.847. The highest BCUT2D eigenvalue weighted by atomic mass is 19.1. The zero-order valence-electron chi connectivity index (χ0n) is 11.8. The van der Waals surface area contributed by atoms with Crippen molar-refractivity contribution in [2.24, 2.45) is 5.92 Å². The predicted octanol–water partition coefficient (Wildman–Crippen LogP) is 2.69. The smallest absolute Gasteiger partial charge is 0.312 e. The van der Waals surface area contributed by atoms with E-state index in [2.05, 4.69) is 5.32 Å². The van der Waals surface area contributed by atoms with Crippen LogP contribution >= 0.6 is 0 Å². The van der Waals surface area contributed by atoms with Crippen molar-refractivity contribution >= 4 is 11.9 Å². The van der Waals surface area contributed by atoms with Gasteiger partial charge in [-0.3, -0.25) is 9.59 Å². The van der Waals surface area contributed by atoms with Crippen LogP contribution in [0.15, 0.2) is 24.3 Å². The Morgan fingerprint density at radius 2 is 1.86 bits per heavy atom. The lowest BCUT2D eigenvalue weighted by Gasteiger charge is -2.15. The van der Waals surface area contributed by atoms with Gasteiger partial charge in [0.25, 0.3) is 0 Å². The molecular formula is C16H20FNO3. The molecule has 0 bridgehead atoms. The number of carbonyl (C=O) groups is 2. The third-order valence-electron chi connectivity index (χ3n) is 4.02. The van der Waals surface area contributed by atoms with E-state index in [0.717, 1.165) is 12.8 Å². The van der Waals surface area contributed by atoms with Crippen LogP contribution in [0.1, 0.15) is 43.6 Å². The molecule has 0 heterocycles. The molecule has 2 rings (SSSR count). The molecular weight excluding hydrogens is 273 g/mol. The van der Waals surface area contributed by atoms with Gasteiger partial charge in [-0.25, -0.2) is 4.39 Å². The fourth-order valence-corrected chi connectivity index (χ4v) is 2.81. The van der Waals surface area contributed by atoms with Crippen LogP contribution in [-0.4, -0.2) is 23.5 Å². The highest BCUT2D eigenvalue weighted by Crippen LogP contribution is 2.27. The summed E-state index contributed by atoms with van der Waals surface area (Å²) >= 11 is 0. The molecule has 0 aliphatic heterocycles. The van der Waals surface area contributed by atoms with Crippen molar-refractivity contribution in [1.29, 1.82) is 0 Å². The topological polar surface area (TPSA) is 66.4 Å². The maximum absolute atomic E-state index is 12.9. The molecule has 2 N–H and O–H groups in total. The Hall–Kier alpha value is -1.91. The van der Waals surface area contributed by atoms with E-state index in [1.165, 1.54) is 37.1 Å². The van der Waals surface area contributed by atoms with E-state index in [1.54, 1.807) is 0 Å². The van der Waals surface area contributed by atoms with Crippen LogP contribution in [0.4, 0.5) is 4.39 Å². The molecule has 1 saturated carbocycles. The minimum atomic E-state index is -1.03. The van der Waals surface area contributed by atoms with Crippen molar-refractivity contribution in [2.45, 2.75) is 38.0 Å². The standard InChI is InChI=1S/C16H20FNO3/c17-13-7-5-12(6-8-13)14(16(20)21)10-18-15(19)9-11-3-1-2-4-11/h5-8,11,14H,1-4,9-10H2,(H,18,19)(H,20,21). The van der Waals surface area contributed by atoms with Gasteiger partial charge in [-0.1, -0.05) is 25.0 Å². The van der Waals surface area contributed by atoms with Crippen LogP contribution in [0.5, 0.6) is 0 Å². The molecule has 0 saturated heterocycles. The molecule has 1 aliphatic carbocycles. The SMILES string of the molecule is O=C(CC1CCCC1)NCC(C(=O)O)c1ccc(F)cc1. The Labute approximate surface area is 123 Å². The molecule has 1 atom stereocenters. The molecule has 0 aromatic heterocycles. The molecule has 1 aliphatic rings. The van der Waals surface area contributed by atoms with E-state index < -0.39 is 17.7 Å². The number of hydrogen-bond donors (Lipinski definition) is 2. The van der Waals surface area contributed by atoms with Gasteiger partial charge >= 0.3 is 5.97 Å². The Kier molecular flexibility index (Phi) is 5.31. The van der Waals surface area contributed by atoms with Gasteiger partial charge in [0, 0.05) is 13.0 Å². The molecule has 1 fully saturated rings. The molecule has 1 aromatic rings. The van der Waals surface area contributed by atoms with Gasteiger partial charge in [0.2, 0.25) is 5.91 Å². The highest BCUT2D eigenvalue weighted by Gasteiger charge is 2.22. The first-order valence-corrected chi connectivity index (χ1v) is 7.31. The van der Waals surface area contributed by atoms with Crippen molar-refractivity contribution in [3.63, 3.8) is 0 Å². The first-order chi connectivity index (χ1) is 10.1. The van der Waals surface area contributed by atoms with Crippen molar-refractivity contribution in [3.05, 3.63) is 35.6 Å². The Morgan fingerprint density at radius 3 is 2.43 bits per heavy atom. The largest absolute Gasteiger partial charge is 0.481 e. The predicted molar refractivity (Wildman–Crippen MR) is 76.4 cm³/mol. The van der Waals surface area contributed by atoms with Crippen LogP contribution < -0.4 is 5.32 Å². The lowest BCUT2D eigenvalue weighted by molar-refractivity contribution is -0.138. The summed E-state index contributed by atoms with van der Waals surface area (Å²) in [5.74, 6) is -1.96. The van der Waals surface area contributed by atoms with E-state index in [4.69, 9.17) is 0 Å². The lowest BCUT2D eigenvalue weighted by Crippen LogP contribution is -2.32. The van der Waals surface area contributed by atoms with Crippen LogP contribution in [0.25, 0.3) is 0 Å². The minimum absolute atomic E-state index is 0.0342. The molecule has 5 heteroatoms. The summed E-state index contributed by atoms with van der Waals surface area (Å²) in [5.41, 5.74) is 0.491. The average molecular weight is 293 g/mol. The van der Waals surface area contributed by atoms with Crippen molar-refractivity contribution in [1.82, 2.24) is 5.32 Å². The number of amides is 1. The first kappa shape index (κ1) is 15.5. The van der Waals surface area contributed by atoms with Crippen LogP contribution in [0, 0.1) is 11.7 Å². The summed E-state index contributed by atoms with van der Waals surface area (Å²) in [4.78, 5) is 23.1. The van der Waals surface area contributed by atoms with Gasteiger partial charge in [0.05, 0.1) is 5.92 Å². The van der Waals surface area contributed by atoms with Crippen molar-refractivity contribution in [3.8, 4) is 0 Å². The number of nitrogens with one attached hydrogen (secondary N) is 1. The summed E-state index contributed by atoms with van der Waals surface area (Å²) in [6.45, 7) is 0.0342. The number of carboxylic acids is 1. The molecule has 0 spiro atoms. The van der Waals surface area contributed by atoms with Crippen molar-refractivity contribution in [2.75, 3.05) is 6.54 Å². The summed E-state index contributed by atoms with van der Waals surface area (Å²) in [6, 6.07) is 5.34. The summed E-state index contributed by atoms with van der Waals surface area (Å²) in [5, 5.41) is 11.9. The van der Waals surface area contributed by atoms with Crippen molar-refractivity contribution < 1.29 is 19.1 Å². The molecule has 0 radical (unpaired) electrons. The number of carbonyl (C=O) groups excluding carboxylic acids is 1. The third-order valence-corrected chi connectivity index (χ3v) is 4.02. The maximum atomic E-state index is 12.9. The number of hydrogen-bond acceptors (Lipinski definition) is 2. The number of halogens is 1. The number of aliphatic carboxylic acids is 1. The fraction of sp³-hybridized carbons (Fsp3) is 0.500. The second-order valence-electron chi connectivity index (χ2n) is 5.60. The molecule has 1 amide bonds. The average Bonchev–Trinajstić information content (AvgIpc) is 2.93. The van der Waals surface area contributed by atoms with Gasteiger partial charge in [-0.05, 0) is 36.5 Å². The number of carboxylic acid groups (broad SMARTS) is 1. The van der Waals surface area contributed by atoms with Gasteiger partial charge in [-0.15, -0.1) is 0 Å². The Balaban J connectivity index is 1.89. The maximum Gasteiger partial charge on any atom is 0.312 e. The second kappa shape index (κ2) is 7.20. The van der Waals surface area contributed by atoms with Gasteiger partial charge in [-0.2, -0.15) is 0 Å². The summed E-state index contributed by atoms with van der Waals surface area (Å²) < 4.78 is 12.9. The van der Waals surface area contributed by atoms with E-state index >= 15 is 0 Å². The summed E-state index contributed by atoms with van der Waals surface area (Å²) in [7, 11) is 0. The van der Waals surface area contributed by atoms with E-state index in [-0.39, 0.29) is 12.5 Å². The summed E-state index contributed by atoms with van der Waals surface area (Å²) in [6.07, 6.45) is 4.97. The lowest BCUT2D eigenvalue weighted by atomic mass is 9.98. The van der Waals surface area contributed by atoms with Gasteiger partial charge < -0.3 is 10.4 Å². The Morgan fingerprint density at radius 1 is 1.24 bits per heavy atom. The number of rotatable bonds is 6. The zero-order chi connectivity index (χ0) is 15.2. The van der Waals surface area contributed by atoms with E-state index in [1.807, 2.05) is 0 Å². The van der Waals surface area contributed by atoms with Gasteiger partial charge in [0.15, 0.2) is 0 Å². The van der Waals surface area contributed by atoms with Crippen LogP contribution in [0.3, 0.4) is 0 Å². The molecule has 1 aromatic carbocycles. The zero-order valence-corrected chi connectivity index (χ0v) is 11.8.